The number of aromatic nitrogens is 1. The Morgan fingerprint density at radius 3 is 2.67 bits per heavy atom. The first-order chi connectivity index (χ1) is 8.75. The summed E-state index contributed by atoms with van der Waals surface area (Å²) >= 11 is 0. The van der Waals surface area contributed by atoms with Gasteiger partial charge in [0, 0.05) is 23.2 Å². The van der Waals surface area contributed by atoms with Crippen molar-refractivity contribution in [1.29, 1.82) is 0 Å². The number of fused-ring (bicyclic) bond motifs is 3. The Hall–Kier alpha value is -1.84. The summed E-state index contributed by atoms with van der Waals surface area (Å²) in [6.07, 6.45) is 7.16. The Balaban J connectivity index is 2.12. The van der Waals surface area contributed by atoms with Crippen LogP contribution in [0, 0.1) is 10.1 Å². The van der Waals surface area contributed by atoms with E-state index in [1.807, 2.05) is 6.07 Å². The van der Waals surface area contributed by atoms with Gasteiger partial charge >= 0.3 is 0 Å². The highest BCUT2D eigenvalue weighted by molar-refractivity contribution is 5.86. The number of hydrogen-bond donors (Lipinski definition) is 1. The summed E-state index contributed by atoms with van der Waals surface area (Å²) in [5, 5.41) is 12.0. The smallest absolute Gasteiger partial charge is 0.271 e. The number of aryl methyl sites for hydroxylation is 2. The van der Waals surface area contributed by atoms with E-state index in [4.69, 9.17) is 0 Å². The predicted molar refractivity (Wildman–Crippen MR) is 70.8 cm³/mol. The van der Waals surface area contributed by atoms with Crippen molar-refractivity contribution in [3.8, 4) is 0 Å². The lowest BCUT2D eigenvalue weighted by molar-refractivity contribution is -0.384. The van der Waals surface area contributed by atoms with E-state index in [9.17, 15) is 10.1 Å². The van der Waals surface area contributed by atoms with Gasteiger partial charge in [-0.15, -0.1) is 0 Å². The van der Waals surface area contributed by atoms with Gasteiger partial charge < -0.3 is 4.98 Å². The number of benzene rings is 1. The first-order valence-corrected chi connectivity index (χ1v) is 6.53. The fourth-order valence-electron chi connectivity index (χ4n) is 2.87. The van der Waals surface area contributed by atoms with Gasteiger partial charge in [-0.3, -0.25) is 10.1 Å². The number of H-pyrrole nitrogens is 1. The highest BCUT2D eigenvalue weighted by atomic mass is 16.6. The molecule has 1 heterocycles. The van der Waals surface area contributed by atoms with Gasteiger partial charge in [-0.05, 0) is 37.3 Å². The lowest BCUT2D eigenvalue weighted by atomic mass is 9.97. The fourth-order valence-corrected chi connectivity index (χ4v) is 2.87. The third-order valence-electron chi connectivity index (χ3n) is 3.79. The zero-order valence-corrected chi connectivity index (χ0v) is 10.2. The largest absolute Gasteiger partial charge is 0.358 e. The van der Waals surface area contributed by atoms with E-state index in [0.717, 1.165) is 23.7 Å². The average molecular weight is 244 g/mol. The van der Waals surface area contributed by atoms with Crippen LogP contribution in [0.2, 0.25) is 0 Å². The molecule has 1 N–H and O–H groups in total. The topological polar surface area (TPSA) is 58.9 Å². The van der Waals surface area contributed by atoms with Gasteiger partial charge in [0.1, 0.15) is 0 Å². The first kappa shape index (κ1) is 11.3. The summed E-state index contributed by atoms with van der Waals surface area (Å²) in [5.74, 6) is 0. The Morgan fingerprint density at radius 2 is 1.89 bits per heavy atom. The highest BCUT2D eigenvalue weighted by Crippen LogP contribution is 2.30. The van der Waals surface area contributed by atoms with Crippen molar-refractivity contribution in [3.63, 3.8) is 0 Å². The van der Waals surface area contributed by atoms with Gasteiger partial charge in [0.25, 0.3) is 5.69 Å². The molecule has 1 aromatic heterocycles. The van der Waals surface area contributed by atoms with E-state index < -0.39 is 0 Å². The lowest BCUT2D eigenvalue weighted by Crippen LogP contribution is -1.97. The van der Waals surface area contributed by atoms with Gasteiger partial charge in [-0.25, -0.2) is 0 Å². The van der Waals surface area contributed by atoms with E-state index in [2.05, 4.69) is 4.98 Å². The molecule has 4 heteroatoms. The maximum Gasteiger partial charge on any atom is 0.271 e. The number of non-ortho nitro benzene ring substituents is 1. The zero-order chi connectivity index (χ0) is 12.5. The zero-order valence-electron chi connectivity index (χ0n) is 10.2. The van der Waals surface area contributed by atoms with Crippen LogP contribution >= 0.6 is 0 Å². The maximum absolute atomic E-state index is 10.8. The molecule has 0 aliphatic heterocycles. The average Bonchev–Trinajstić information content (AvgIpc) is 2.65. The molecule has 1 aliphatic carbocycles. The van der Waals surface area contributed by atoms with E-state index in [1.165, 1.54) is 36.9 Å². The molecular weight excluding hydrogens is 228 g/mol. The number of aromatic amines is 1. The molecule has 1 aromatic carbocycles. The van der Waals surface area contributed by atoms with Crippen LogP contribution in [0.5, 0.6) is 0 Å². The van der Waals surface area contributed by atoms with E-state index >= 15 is 0 Å². The van der Waals surface area contributed by atoms with E-state index in [-0.39, 0.29) is 10.6 Å². The van der Waals surface area contributed by atoms with Crippen LogP contribution in [0.4, 0.5) is 5.69 Å². The Morgan fingerprint density at radius 1 is 1.11 bits per heavy atom. The normalized spacial score (nSPS) is 16.0. The lowest BCUT2D eigenvalue weighted by Gasteiger charge is -2.09. The molecule has 0 amide bonds. The second-order valence-electron chi connectivity index (χ2n) is 4.98. The number of nitrogens with zero attached hydrogens (tertiary/aromatic N) is 1. The minimum atomic E-state index is -0.336. The summed E-state index contributed by atoms with van der Waals surface area (Å²) in [4.78, 5) is 13.8. The standard InChI is InChI=1S/C14H16N2O2/c17-16(18)10-7-8-12-11-5-3-1-2-4-6-13(11)15-14(12)9-10/h7-9,15H,1-6H2. The minimum Gasteiger partial charge on any atom is -0.358 e. The van der Waals surface area contributed by atoms with Gasteiger partial charge in [0.2, 0.25) is 0 Å². The quantitative estimate of drug-likeness (QED) is 0.613. The van der Waals surface area contributed by atoms with Crippen molar-refractivity contribution in [2.24, 2.45) is 0 Å². The summed E-state index contributed by atoms with van der Waals surface area (Å²) in [6.45, 7) is 0. The van der Waals surface area contributed by atoms with Gasteiger partial charge in [0.05, 0.1) is 10.4 Å². The third-order valence-corrected chi connectivity index (χ3v) is 3.79. The SMILES string of the molecule is O=[N+]([O-])c1ccc2c3c([nH]c2c1)CCCCCC3. The highest BCUT2D eigenvalue weighted by Gasteiger charge is 2.15. The van der Waals surface area contributed by atoms with Gasteiger partial charge in [0.15, 0.2) is 0 Å². The number of hydrogen-bond acceptors (Lipinski definition) is 2. The second-order valence-corrected chi connectivity index (χ2v) is 4.98. The van der Waals surface area contributed by atoms with Crippen LogP contribution in [-0.2, 0) is 12.8 Å². The molecule has 0 saturated carbocycles. The molecule has 18 heavy (non-hydrogen) atoms. The van der Waals surface area contributed by atoms with Crippen molar-refractivity contribution < 1.29 is 4.92 Å². The Labute approximate surface area is 105 Å². The molecule has 0 bridgehead atoms. The summed E-state index contributed by atoms with van der Waals surface area (Å²) in [7, 11) is 0. The van der Waals surface area contributed by atoms with Gasteiger partial charge in [-0.2, -0.15) is 0 Å². The summed E-state index contributed by atoms with van der Waals surface area (Å²) in [5.41, 5.74) is 3.73. The summed E-state index contributed by atoms with van der Waals surface area (Å²) in [6, 6.07) is 5.15. The molecule has 3 rings (SSSR count). The Kier molecular flexibility index (Phi) is 2.78. The Bertz CT molecular complexity index is 601. The van der Waals surface area contributed by atoms with Crippen LogP contribution in [0.3, 0.4) is 0 Å². The number of nitro benzene ring substituents is 1. The van der Waals surface area contributed by atoms with Crippen LogP contribution in [-0.4, -0.2) is 9.91 Å². The van der Waals surface area contributed by atoms with Gasteiger partial charge in [-0.1, -0.05) is 12.8 Å². The molecule has 0 fully saturated rings. The predicted octanol–water partition coefficient (Wildman–Crippen LogP) is 3.74. The van der Waals surface area contributed by atoms with Crippen molar-refractivity contribution in [2.45, 2.75) is 38.5 Å². The molecular formula is C14H16N2O2. The van der Waals surface area contributed by atoms with Crippen molar-refractivity contribution in [3.05, 3.63) is 39.6 Å². The molecule has 0 spiro atoms. The van der Waals surface area contributed by atoms with Crippen molar-refractivity contribution in [1.82, 2.24) is 4.98 Å². The van der Waals surface area contributed by atoms with Crippen molar-refractivity contribution in [2.75, 3.05) is 0 Å². The number of rotatable bonds is 1. The fraction of sp³-hybridized carbons (Fsp3) is 0.429. The maximum atomic E-state index is 10.8. The van der Waals surface area contributed by atoms with E-state index in [0.29, 0.717) is 0 Å². The number of nitro groups is 1. The molecule has 0 saturated heterocycles. The first-order valence-electron chi connectivity index (χ1n) is 6.53. The molecule has 0 radical (unpaired) electrons. The third kappa shape index (κ3) is 1.88. The van der Waals surface area contributed by atoms with Crippen molar-refractivity contribution >= 4 is 16.6 Å². The van der Waals surface area contributed by atoms with Crippen LogP contribution < -0.4 is 0 Å². The molecule has 1 aliphatic rings. The second kappa shape index (κ2) is 4.44. The molecule has 4 nitrogen and oxygen atoms in total. The molecule has 0 atom stereocenters. The van der Waals surface area contributed by atoms with Crippen LogP contribution in [0.25, 0.3) is 10.9 Å². The molecule has 94 valence electrons. The van der Waals surface area contributed by atoms with E-state index in [1.54, 1.807) is 12.1 Å². The monoisotopic (exact) mass is 244 g/mol. The molecule has 2 aromatic rings. The minimum absolute atomic E-state index is 0.164. The van der Waals surface area contributed by atoms with Crippen LogP contribution in [0.1, 0.15) is 36.9 Å². The molecule has 0 unspecified atom stereocenters. The summed E-state index contributed by atoms with van der Waals surface area (Å²) < 4.78 is 0. The van der Waals surface area contributed by atoms with Crippen LogP contribution in [0.15, 0.2) is 18.2 Å². The number of nitrogens with one attached hydrogen (secondary N) is 1.